The summed E-state index contributed by atoms with van der Waals surface area (Å²) in [6.45, 7) is 3.12. The standard InChI is InChI=1S/C15H21Cl2NO2/c1-10-3-2-4-15(20,7-10)9-18-8-11-5-12(16)6-13(17)14(11)19/h5-6,10,18-20H,2-4,7-9H2,1H3. The number of nitrogens with one attached hydrogen (secondary N) is 1. The van der Waals surface area contributed by atoms with Gasteiger partial charge >= 0.3 is 0 Å². The second kappa shape index (κ2) is 6.52. The van der Waals surface area contributed by atoms with Crippen molar-refractivity contribution in [2.75, 3.05) is 6.54 Å². The molecule has 1 aliphatic carbocycles. The minimum atomic E-state index is -0.643. The highest BCUT2D eigenvalue weighted by molar-refractivity contribution is 6.35. The van der Waals surface area contributed by atoms with Gasteiger partial charge in [0, 0.05) is 23.7 Å². The van der Waals surface area contributed by atoms with E-state index >= 15 is 0 Å². The van der Waals surface area contributed by atoms with Crippen LogP contribution < -0.4 is 5.32 Å². The molecule has 2 atom stereocenters. The summed E-state index contributed by atoms with van der Waals surface area (Å²) in [7, 11) is 0. The molecular weight excluding hydrogens is 297 g/mol. The predicted octanol–water partition coefficient (Wildman–Crippen LogP) is 3.73. The number of halogens is 2. The van der Waals surface area contributed by atoms with Crippen LogP contribution in [0.25, 0.3) is 0 Å². The zero-order valence-electron chi connectivity index (χ0n) is 11.6. The first kappa shape index (κ1) is 15.9. The van der Waals surface area contributed by atoms with Gasteiger partial charge in [-0.2, -0.15) is 0 Å². The van der Waals surface area contributed by atoms with Gasteiger partial charge in [-0.3, -0.25) is 0 Å². The van der Waals surface area contributed by atoms with Crippen LogP contribution >= 0.6 is 23.2 Å². The van der Waals surface area contributed by atoms with Gasteiger partial charge < -0.3 is 15.5 Å². The molecule has 1 saturated carbocycles. The highest BCUT2D eigenvalue weighted by atomic mass is 35.5. The van der Waals surface area contributed by atoms with Gasteiger partial charge in [0.1, 0.15) is 5.75 Å². The summed E-state index contributed by atoms with van der Waals surface area (Å²) in [5, 5.41) is 24.3. The molecule has 2 rings (SSSR count). The van der Waals surface area contributed by atoms with Crippen molar-refractivity contribution in [2.45, 2.75) is 44.8 Å². The highest BCUT2D eigenvalue weighted by Crippen LogP contribution is 2.33. The number of aromatic hydroxyl groups is 1. The second-order valence-electron chi connectivity index (χ2n) is 5.92. The number of phenolic OH excluding ortho intramolecular Hbond substituents is 1. The lowest BCUT2D eigenvalue weighted by molar-refractivity contribution is -0.0119. The van der Waals surface area contributed by atoms with Crippen molar-refractivity contribution < 1.29 is 10.2 Å². The minimum absolute atomic E-state index is 0.0487. The lowest BCUT2D eigenvalue weighted by atomic mass is 9.79. The van der Waals surface area contributed by atoms with Gasteiger partial charge in [-0.05, 0) is 30.9 Å². The number of benzene rings is 1. The Morgan fingerprint density at radius 2 is 2.15 bits per heavy atom. The third-order valence-electron chi connectivity index (χ3n) is 3.94. The summed E-state index contributed by atoms with van der Waals surface area (Å²) >= 11 is 11.8. The van der Waals surface area contributed by atoms with Crippen LogP contribution in [-0.2, 0) is 6.54 Å². The van der Waals surface area contributed by atoms with E-state index in [1.165, 1.54) is 12.5 Å². The first-order valence-corrected chi connectivity index (χ1v) is 7.75. The van der Waals surface area contributed by atoms with Crippen LogP contribution in [-0.4, -0.2) is 22.4 Å². The fourth-order valence-corrected chi connectivity index (χ4v) is 3.51. The van der Waals surface area contributed by atoms with Gasteiger partial charge in [0.15, 0.2) is 0 Å². The zero-order valence-corrected chi connectivity index (χ0v) is 13.1. The average Bonchev–Trinajstić information content (AvgIpc) is 2.34. The van der Waals surface area contributed by atoms with Crippen molar-refractivity contribution in [2.24, 2.45) is 5.92 Å². The first-order chi connectivity index (χ1) is 9.39. The Hall–Kier alpha value is -0.480. The maximum absolute atomic E-state index is 10.5. The monoisotopic (exact) mass is 317 g/mol. The van der Waals surface area contributed by atoms with Crippen LogP contribution in [0.1, 0.15) is 38.2 Å². The van der Waals surface area contributed by atoms with E-state index in [4.69, 9.17) is 23.2 Å². The molecule has 0 amide bonds. The summed E-state index contributed by atoms with van der Waals surface area (Å²) in [5.74, 6) is 0.608. The van der Waals surface area contributed by atoms with Gasteiger partial charge in [-0.15, -0.1) is 0 Å². The smallest absolute Gasteiger partial charge is 0.138 e. The molecule has 1 fully saturated rings. The van der Waals surface area contributed by atoms with E-state index in [1.807, 2.05) is 0 Å². The quantitative estimate of drug-likeness (QED) is 0.793. The normalized spacial score (nSPS) is 26.7. The Morgan fingerprint density at radius 3 is 2.85 bits per heavy atom. The fraction of sp³-hybridized carbons (Fsp3) is 0.600. The largest absolute Gasteiger partial charge is 0.506 e. The van der Waals surface area contributed by atoms with Crippen LogP contribution in [0.3, 0.4) is 0 Å². The number of aliphatic hydroxyl groups is 1. The summed E-state index contributed by atoms with van der Waals surface area (Å²) in [4.78, 5) is 0. The Kier molecular flexibility index (Phi) is 5.19. The van der Waals surface area contributed by atoms with Gasteiger partial charge in [0.25, 0.3) is 0 Å². The molecule has 0 radical (unpaired) electrons. The molecule has 0 aliphatic heterocycles. The van der Waals surface area contributed by atoms with Crippen LogP contribution in [0.5, 0.6) is 5.75 Å². The Morgan fingerprint density at radius 1 is 1.40 bits per heavy atom. The van der Waals surface area contributed by atoms with Gasteiger partial charge in [-0.1, -0.05) is 43.0 Å². The summed E-state index contributed by atoms with van der Waals surface area (Å²) in [5.41, 5.74) is 0.00491. The van der Waals surface area contributed by atoms with E-state index in [0.29, 0.717) is 29.6 Å². The zero-order chi connectivity index (χ0) is 14.8. The van der Waals surface area contributed by atoms with Gasteiger partial charge in [0.2, 0.25) is 0 Å². The summed E-state index contributed by atoms with van der Waals surface area (Å²) < 4.78 is 0. The second-order valence-corrected chi connectivity index (χ2v) is 6.77. The van der Waals surface area contributed by atoms with Gasteiger partial charge in [0.05, 0.1) is 10.6 Å². The SMILES string of the molecule is CC1CCCC(O)(CNCc2cc(Cl)cc(Cl)c2O)C1. The number of hydrogen-bond acceptors (Lipinski definition) is 3. The maximum atomic E-state index is 10.5. The first-order valence-electron chi connectivity index (χ1n) is 7.00. The lowest BCUT2D eigenvalue weighted by Crippen LogP contribution is -2.43. The van der Waals surface area contributed by atoms with Crippen LogP contribution in [0, 0.1) is 5.92 Å². The third-order valence-corrected chi connectivity index (χ3v) is 4.45. The van der Waals surface area contributed by atoms with Crippen molar-refractivity contribution >= 4 is 23.2 Å². The van der Waals surface area contributed by atoms with Gasteiger partial charge in [-0.25, -0.2) is 0 Å². The third kappa shape index (κ3) is 4.01. The fourth-order valence-electron chi connectivity index (χ4n) is 2.98. The minimum Gasteiger partial charge on any atom is -0.506 e. The van der Waals surface area contributed by atoms with E-state index in [9.17, 15) is 10.2 Å². The number of phenols is 1. The van der Waals surface area contributed by atoms with Crippen molar-refractivity contribution in [3.8, 4) is 5.75 Å². The van der Waals surface area contributed by atoms with Crippen molar-refractivity contribution in [3.63, 3.8) is 0 Å². The van der Waals surface area contributed by atoms with E-state index < -0.39 is 5.60 Å². The summed E-state index contributed by atoms with van der Waals surface area (Å²) in [6, 6.07) is 3.20. The number of hydrogen-bond donors (Lipinski definition) is 3. The molecule has 1 aliphatic rings. The molecule has 112 valence electrons. The molecule has 0 heterocycles. The molecule has 3 nitrogen and oxygen atoms in total. The molecule has 0 spiro atoms. The molecule has 0 aromatic heterocycles. The molecule has 0 saturated heterocycles. The molecule has 3 N–H and O–H groups in total. The van der Waals surface area contributed by atoms with Crippen LogP contribution in [0.4, 0.5) is 0 Å². The molecule has 0 bridgehead atoms. The Bertz CT molecular complexity index is 481. The van der Waals surface area contributed by atoms with Crippen molar-refractivity contribution in [3.05, 3.63) is 27.7 Å². The molecule has 20 heavy (non-hydrogen) atoms. The Balaban J connectivity index is 1.93. The topological polar surface area (TPSA) is 52.5 Å². The van der Waals surface area contributed by atoms with E-state index in [1.54, 1.807) is 6.07 Å². The van der Waals surface area contributed by atoms with E-state index in [2.05, 4.69) is 12.2 Å². The molecule has 1 aromatic rings. The van der Waals surface area contributed by atoms with Crippen molar-refractivity contribution in [1.82, 2.24) is 5.32 Å². The van der Waals surface area contributed by atoms with Crippen molar-refractivity contribution in [1.29, 1.82) is 0 Å². The summed E-state index contributed by atoms with van der Waals surface area (Å²) in [6.07, 6.45) is 3.90. The molecular formula is C15H21Cl2NO2. The van der Waals surface area contributed by atoms with E-state index in [-0.39, 0.29) is 10.8 Å². The lowest BCUT2D eigenvalue weighted by Gasteiger charge is -2.35. The predicted molar refractivity (Wildman–Crippen MR) is 82.4 cm³/mol. The van der Waals surface area contributed by atoms with Crippen LogP contribution in [0.15, 0.2) is 12.1 Å². The Labute approximate surface area is 129 Å². The molecule has 5 heteroatoms. The van der Waals surface area contributed by atoms with E-state index in [0.717, 1.165) is 19.3 Å². The average molecular weight is 318 g/mol. The van der Waals surface area contributed by atoms with Crippen LogP contribution in [0.2, 0.25) is 10.0 Å². The maximum Gasteiger partial charge on any atom is 0.138 e. The molecule has 1 aromatic carbocycles. The molecule has 2 unspecified atom stereocenters. The number of rotatable bonds is 4. The highest BCUT2D eigenvalue weighted by Gasteiger charge is 2.32.